The predicted molar refractivity (Wildman–Crippen MR) is 161 cm³/mol. The summed E-state index contributed by atoms with van der Waals surface area (Å²) in [5, 5.41) is 1.16. The molecule has 3 heterocycles. The molecule has 0 saturated heterocycles. The van der Waals surface area contributed by atoms with Crippen LogP contribution in [0.1, 0.15) is 5.56 Å². The van der Waals surface area contributed by atoms with E-state index < -0.39 is 47.1 Å². The number of nitrogen functional groups attached to an aromatic ring is 1. The van der Waals surface area contributed by atoms with E-state index in [4.69, 9.17) is 66.0 Å². The van der Waals surface area contributed by atoms with Crippen molar-refractivity contribution in [1.29, 1.82) is 0 Å². The van der Waals surface area contributed by atoms with Gasteiger partial charge in [0.25, 0.3) is 16.1 Å². The number of benzene rings is 3. The summed E-state index contributed by atoms with van der Waals surface area (Å²) in [5.74, 6) is -1.73. The summed E-state index contributed by atoms with van der Waals surface area (Å²) in [6, 6.07) is 2.51. The van der Waals surface area contributed by atoms with E-state index in [0.29, 0.717) is 0 Å². The van der Waals surface area contributed by atoms with E-state index in [1.54, 1.807) is 0 Å². The number of nitrogens with two attached hydrogens (primary N) is 1. The Bertz CT molecular complexity index is 2390. The normalized spacial score (nSPS) is 13.4. The molecule has 22 heteroatoms. The monoisotopic (exact) mass is 735 g/mol. The third kappa shape index (κ3) is 5.22. The number of aryl methyl sites for hydroxylation is 1. The molecule has 2 aromatic carbocycles. The fourth-order valence-electron chi connectivity index (χ4n) is 4.48. The Morgan fingerprint density at radius 1 is 0.933 bits per heavy atom. The molecule has 2 aliphatic heterocycles. The van der Waals surface area contributed by atoms with Crippen LogP contribution in [0.4, 0.5) is 23.0 Å². The van der Waals surface area contributed by atoms with E-state index in [1.165, 1.54) is 20.1 Å². The lowest BCUT2D eigenvalue weighted by atomic mass is 10.1. The summed E-state index contributed by atoms with van der Waals surface area (Å²) in [6.07, 6.45) is 0. The number of fused-ring (bicyclic) bond motifs is 4. The second-order valence-electron chi connectivity index (χ2n) is 9.10. The highest BCUT2D eigenvalue weighted by molar-refractivity contribution is 7.86. The maximum absolute atomic E-state index is 12.7. The van der Waals surface area contributed by atoms with E-state index in [2.05, 4.69) is 30.2 Å². The Kier molecular flexibility index (Phi) is 7.40. The van der Waals surface area contributed by atoms with E-state index in [0.717, 1.165) is 6.07 Å². The number of nitrogens with one attached hydrogen (secondary N) is 1. The van der Waals surface area contributed by atoms with Crippen LogP contribution in [0.15, 0.2) is 31.3 Å². The van der Waals surface area contributed by atoms with Gasteiger partial charge in [-0.05, 0) is 41.8 Å². The van der Waals surface area contributed by atoms with E-state index in [-0.39, 0.29) is 77.3 Å². The van der Waals surface area contributed by atoms with Crippen molar-refractivity contribution in [2.45, 2.75) is 16.7 Å². The van der Waals surface area contributed by atoms with Crippen LogP contribution in [0.3, 0.4) is 0 Å². The first-order valence-corrected chi connectivity index (χ1v) is 16.2. The highest BCUT2D eigenvalue weighted by atomic mass is 35.5. The largest absolute Gasteiger partial charge is 0.494 e. The number of anilines is 3. The molecule has 0 saturated carbocycles. The van der Waals surface area contributed by atoms with E-state index in [9.17, 15) is 25.9 Å². The lowest BCUT2D eigenvalue weighted by Crippen LogP contribution is -2.19. The van der Waals surface area contributed by atoms with Gasteiger partial charge in [-0.15, -0.1) is 0 Å². The third-order valence-corrected chi connectivity index (χ3v) is 9.20. The number of methoxy groups -OCH3 is 1. The van der Waals surface area contributed by atoms with Gasteiger partial charge < -0.3 is 24.9 Å². The third-order valence-electron chi connectivity index (χ3n) is 6.32. The fourth-order valence-corrected chi connectivity index (χ4v) is 6.92. The van der Waals surface area contributed by atoms with Gasteiger partial charge in [-0.1, -0.05) is 23.2 Å². The molecule has 3 aliphatic rings. The van der Waals surface area contributed by atoms with Crippen molar-refractivity contribution in [3.8, 4) is 28.7 Å². The van der Waals surface area contributed by atoms with Crippen LogP contribution < -0.4 is 25.9 Å². The Morgan fingerprint density at radius 2 is 1.58 bits per heavy atom. The summed E-state index contributed by atoms with van der Waals surface area (Å²) in [5.41, 5.74) is 5.15. The van der Waals surface area contributed by atoms with Crippen molar-refractivity contribution in [2.75, 3.05) is 18.2 Å². The van der Waals surface area contributed by atoms with Crippen molar-refractivity contribution in [2.24, 2.45) is 4.99 Å². The molecule has 0 fully saturated rings. The smallest absolute Gasteiger partial charge is 0.300 e. The lowest BCUT2D eigenvalue weighted by molar-refractivity contribution is 0.410. The van der Waals surface area contributed by atoms with Crippen molar-refractivity contribution < 1.29 is 39.8 Å². The highest BCUT2D eigenvalue weighted by Crippen LogP contribution is 2.55. The summed E-state index contributed by atoms with van der Waals surface area (Å²) < 4.78 is 87.2. The van der Waals surface area contributed by atoms with Gasteiger partial charge >= 0.3 is 10.1 Å². The average Bonchev–Trinajstić information content (AvgIpc) is 2.92. The Morgan fingerprint density at radius 3 is 2.18 bits per heavy atom. The molecule has 45 heavy (non-hydrogen) atoms. The zero-order valence-electron chi connectivity index (χ0n) is 22.0. The summed E-state index contributed by atoms with van der Waals surface area (Å²) in [7, 11) is -8.79. The van der Waals surface area contributed by atoms with Crippen LogP contribution >= 0.6 is 46.4 Å². The minimum Gasteiger partial charge on any atom is -0.494 e. The molecule has 0 unspecified atom stereocenters. The Labute approximate surface area is 271 Å². The number of aromatic nitrogens is 4. The SMILES string of the molecule is COc1cc(=Nc2nc(Cl)nc(Cl)n2)c(S(=O)(=O)O)c2oc3c(Cl)c4c(c(Cl)c3nc1-2)Oc1c(cc(C)c(N)c1S(=O)(=O)O)N4. The molecule has 3 aromatic rings. The summed E-state index contributed by atoms with van der Waals surface area (Å²) >= 11 is 25.0. The molecule has 234 valence electrons. The van der Waals surface area contributed by atoms with Crippen LogP contribution in [-0.4, -0.2) is 53.0 Å². The first-order valence-electron chi connectivity index (χ1n) is 11.8. The molecule has 0 bridgehead atoms. The van der Waals surface area contributed by atoms with E-state index in [1.807, 2.05) is 0 Å². The minimum absolute atomic E-state index is 0.0314. The molecule has 0 spiro atoms. The second kappa shape index (κ2) is 10.7. The molecule has 0 atom stereocenters. The van der Waals surface area contributed by atoms with Gasteiger partial charge in [-0.25, -0.2) is 9.98 Å². The van der Waals surface area contributed by atoms with Gasteiger partial charge in [0.05, 0.1) is 23.8 Å². The topological polar surface area (TPSA) is 242 Å². The van der Waals surface area contributed by atoms with Crippen molar-refractivity contribution >= 4 is 101 Å². The van der Waals surface area contributed by atoms with Gasteiger partial charge in [0.1, 0.15) is 26.9 Å². The van der Waals surface area contributed by atoms with Crippen molar-refractivity contribution in [3.63, 3.8) is 0 Å². The fraction of sp³-hybridized carbons (Fsp3) is 0.0870. The molecule has 0 amide bonds. The zero-order valence-corrected chi connectivity index (χ0v) is 26.7. The molecular weight excluding hydrogens is 724 g/mol. The van der Waals surface area contributed by atoms with Gasteiger partial charge in [0, 0.05) is 6.07 Å². The summed E-state index contributed by atoms with van der Waals surface area (Å²) in [4.78, 5) is 18.0. The Balaban J connectivity index is 1.70. The van der Waals surface area contributed by atoms with Crippen LogP contribution in [-0.2, 0) is 20.2 Å². The number of hydrogen-bond acceptors (Lipinski definition) is 14. The number of ether oxygens (including phenoxy) is 2. The molecular formula is C23H13Cl4N7O9S2. The molecule has 5 N–H and O–H groups in total. The van der Waals surface area contributed by atoms with Crippen molar-refractivity contribution in [1.82, 2.24) is 19.9 Å². The van der Waals surface area contributed by atoms with Gasteiger partial charge in [-0.2, -0.15) is 31.8 Å². The highest BCUT2D eigenvalue weighted by Gasteiger charge is 2.35. The van der Waals surface area contributed by atoms with E-state index >= 15 is 0 Å². The minimum atomic E-state index is -5.13. The maximum atomic E-state index is 12.7. The van der Waals surface area contributed by atoms with Crippen molar-refractivity contribution in [3.05, 3.63) is 43.7 Å². The first-order chi connectivity index (χ1) is 21.0. The lowest BCUT2D eigenvalue weighted by Gasteiger charge is -2.27. The standard InChI is InChI=1S/C23H13Cl4N7O9S2/c1-5-3-6-15(20(11(5)28)45(38,39)40)42-16-10(25)14-17(9(24)13(16)29-6)43-18-12(31-14)8(41-2)4-7(19(18)44(35,36)37)30-23-33-21(26)32-22(27)34-23/h3-4,29H,28H2,1-2H3,(H,35,36,37)(H,38,39,40). The van der Waals surface area contributed by atoms with Gasteiger partial charge in [0.2, 0.25) is 10.6 Å². The molecule has 0 radical (unpaired) electrons. The predicted octanol–water partition coefficient (Wildman–Crippen LogP) is 5.21. The van der Waals surface area contributed by atoms with Gasteiger partial charge in [-0.3, -0.25) is 9.11 Å². The van der Waals surface area contributed by atoms with Crippen LogP contribution in [0.25, 0.3) is 22.6 Å². The quantitative estimate of drug-likeness (QED) is 0.103. The zero-order chi connectivity index (χ0) is 32.7. The van der Waals surface area contributed by atoms with Crippen LogP contribution in [0.2, 0.25) is 20.6 Å². The average molecular weight is 737 g/mol. The maximum Gasteiger partial charge on any atom is 0.300 e. The summed E-state index contributed by atoms with van der Waals surface area (Å²) in [6.45, 7) is 1.49. The Hall–Kier alpha value is -3.75. The molecule has 16 nitrogen and oxygen atoms in total. The number of hydrogen-bond donors (Lipinski definition) is 4. The molecule has 1 aromatic heterocycles. The first kappa shape index (κ1) is 31.2. The van der Waals surface area contributed by atoms with Crippen LogP contribution in [0, 0.1) is 6.92 Å². The number of rotatable bonds is 4. The second-order valence-corrected chi connectivity index (χ2v) is 13.3. The number of halogens is 4. The molecule has 6 rings (SSSR count). The van der Waals surface area contributed by atoms with Crippen LogP contribution in [0.5, 0.6) is 17.2 Å². The number of nitrogens with zero attached hydrogens (tertiary/aromatic N) is 5. The molecule has 1 aliphatic carbocycles. The van der Waals surface area contributed by atoms with Gasteiger partial charge in [0.15, 0.2) is 38.4 Å².